The number of anilines is 1. The van der Waals surface area contributed by atoms with Crippen molar-refractivity contribution in [2.45, 2.75) is 13.1 Å². The van der Waals surface area contributed by atoms with Crippen molar-refractivity contribution in [3.8, 4) is 0 Å². The topological polar surface area (TPSA) is 16.1 Å². The summed E-state index contributed by atoms with van der Waals surface area (Å²) >= 11 is 4.02. The van der Waals surface area contributed by atoms with Gasteiger partial charge in [-0.05, 0) is 33.7 Å². The van der Waals surface area contributed by atoms with Crippen molar-refractivity contribution in [2.75, 3.05) is 18.0 Å². The highest BCUT2D eigenvalue weighted by Gasteiger charge is 2.53. The second-order valence-corrected chi connectivity index (χ2v) is 7.00. The van der Waals surface area contributed by atoms with Gasteiger partial charge < -0.3 is 4.90 Å². The molecule has 3 rings (SSSR count). The number of piperidine rings is 1. The van der Waals surface area contributed by atoms with Gasteiger partial charge in [-0.15, -0.1) is 0 Å². The molecule has 1 saturated carbocycles. The zero-order chi connectivity index (χ0) is 12.4. The molecule has 0 spiro atoms. The van der Waals surface area contributed by atoms with Crippen molar-refractivity contribution in [3.05, 3.63) is 9.48 Å². The first-order chi connectivity index (χ1) is 7.88. The maximum absolute atomic E-state index is 12.6. The molecule has 1 unspecified atom stereocenters. The Hall–Kier alpha value is -0.300. The van der Waals surface area contributed by atoms with Gasteiger partial charge in [0.2, 0.25) is 0 Å². The Bertz CT molecular complexity index is 447. The van der Waals surface area contributed by atoms with E-state index in [0.717, 1.165) is 30.3 Å². The van der Waals surface area contributed by atoms with Crippen LogP contribution in [0.1, 0.15) is 12.6 Å². The van der Waals surface area contributed by atoms with Crippen molar-refractivity contribution in [3.63, 3.8) is 0 Å². The zero-order valence-electron chi connectivity index (χ0n) is 8.96. The van der Waals surface area contributed by atoms with E-state index in [0.29, 0.717) is 17.0 Å². The Morgan fingerprint density at radius 1 is 1.35 bits per heavy atom. The maximum atomic E-state index is 12.6. The highest BCUT2D eigenvalue weighted by molar-refractivity contribution is 9.11. The molecule has 3 atom stereocenters. The molecule has 0 amide bonds. The van der Waals surface area contributed by atoms with Crippen molar-refractivity contribution in [1.29, 1.82) is 0 Å². The first-order valence-corrected chi connectivity index (χ1v) is 6.97. The van der Waals surface area contributed by atoms with E-state index in [-0.39, 0.29) is 3.79 Å². The second kappa shape index (κ2) is 3.60. The lowest BCUT2D eigenvalue weighted by Gasteiger charge is -2.17. The first-order valence-electron chi connectivity index (χ1n) is 5.36. The van der Waals surface area contributed by atoms with Crippen molar-refractivity contribution < 1.29 is 13.2 Å². The third kappa shape index (κ3) is 1.87. The van der Waals surface area contributed by atoms with E-state index < -0.39 is 11.9 Å². The minimum atomic E-state index is -4.37. The molecule has 1 aliphatic heterocycles. The number of hydrogen-bond acceptors (Lipinski definition) is 3. The Kier molecular flexibility index (Phi) is 2.49. The average molecular weight is 327 g/mol. The van der Waals surface area contributed by atoms with Crippen LogP contribution in [0.3, 0.4) is 0 Å². The Morgan fingerprint density at radius 2 is 1.94 bits per heavy atom. The normalized spacial score (nSPS) is 31.8. The first kappa shape index (κ1) is 11.8. The molecule has 7 heteroatoms. The summed E-state index contributed by atoms with van der Waals surface area (Å²) in [5.41, 5.74) is -0.800. The molecule has 2 fully saturated rings. The van der Waals surface area contributed by atoms with Gasteiger partial charge in [0.05, 0.1) is 0 Å². The summed E-state index contributed by atoms with van der Waals surface area (Å²) in [5.74, 6) is 2.05. The zero-order valence-corrected chi connectivity index (χ0v) is 11.4. The summed E-state index contributed by atoms with van der Waals surface area (Å²) < 4.78 is 37.9. The molecule has 1 aliphatic carbocycles. The van der Waals surface area contributed by atoms with E-state index in [4.69, 9.17) is 0 Å². The maximum Gasteiger partial charge on any atom is 0.435 e. The van der Waals surface area contributed by atoms with E-state index in [1.807, 2.05) is 4.90 Å². The standard InChI is InChI=1S/C10H10BrF3N2S/c1-4-5-2-16(3-6(4)5)9-15-7(8(11)17-9)10(12,13)14/h4-6H,2-3H2,1H3/t4?,5-,6+. The van der Waals surface area contributed by atoms with E-state index in [1.54, 1.807) is 0 Å². The van der Waals surface area contributed by atoms with Crippen molar-refractivity contribution in [2.24, 2.45) is 17.8 Å². The highest BCUT2D eigenvalue weighted by atomic mass is 79.9. The van der Waals surface area contributed by atoms with Crippen LogP contribution < -0.4 is 4.90 Å². The molecule has 0 bridgehead atoms. The van der Waals surface area contributed by atoms with Gasteiger partial charge in [0.1, 0.15) is 3.79 Å². The molecule has 1 aromatic rings. The molecule has 94 valence electrons. The lowest BCUT2D eigenvalue weighted by molar-refractivity contribution is -0.141. The van der Waals surface area contributed by atoms with E-state index >= 15 is 0 Å². The summed E-state index contributed by atoms with van der Waals surface area (Å²) in [7, 11) is 0. The van der Waals surface area contributed by atoms with Gasteiger partial charge in [-0.2, -0.15) is 13.2 Å². The van der Waals surface area contributed by atoms with Gasteiger partial charge >= 0.3 is 6.18 Å². The second-order valence-electron chi connectivity index (χ2n) is 4.71. The fourth-order valence-corrected chi connectivity index (χ4v) is 4.16. The minimum Gasteiger partial charge on any atom is -0.347 e. The molecule has 2 nitrogen and oxygen atoms in total. The number of rotatable bonds is 1. The number of halogens is 4. The number of alkyl halides is 3. The number of thiazole rings is 1. The van der Waals surface area contributed by atoms with Gasteiger partial charge in [0, 0.05) is 13.1 Å². The number of nitrogens with zero attached hydrogens (tertiary/aromatic N) is 2. The molecule has 0 aromatic carbocycles. The van der Waals surface area contributed by atoms with Crippen molar-refractivity contribution >= 4 is 32.4 Å². The molecule has 0 N–H and O–H groups in total. The Balaban J connectivity index is 1.81. The fraction of sp³-hybridized carbons (Fsp3) is 0.700. The molecular weight excluding hydrogens is 317 g/mol. The summed E-state index contributed by atoms with van der Waals surface area (Å²) in [5, 5.41) is 0.489. The summed E-state index contributed by atoms with van der Waals surface area (Å²) in [6.45, 7) is 3.90. The minimum absolute atomic E-state index is 0.0774. The highest BCUT2D eigenvalue weighted by Crippen LogP contribution is 2.53. The quantitative estimate of drug-likeness (QED) is 0.783. The van der Waals surface area contributed by atoms with Crippen LogP contribution >= 0.6 is 27.3 Å². The molecule has 0 radical (unpaired) electrons. The van der Waals surface area contributed by atoms with Crippen LogP contribution in [0.5, 0.6) is 0 Å². The molecule has 1 aromatic heterocycles. The van der Waals surface area contributed by atoms with Gasteiger partial charge in [-0.3, -0.25) is 0 Å². The fourth-order valence-electron chi connectivity index (χ4n) is 2.58. The lowest BCUT2D eigenvalue weighted by atomic mass is 10.3. The predicted molar refractivity (Wildman–Crippen MR) is 63.2 cm³/mol. The third-order valence-electron chi connectivity index (χ3n) is 3.74. The lowest BCUT2D eigenvalue weighted by Crippen LogP contribution is -2.23. The van der Waals surface area contributed by atoms with Crippen molar-refractivity contribution in [1.82, 2.24) is 4.98 Å². The molecule has 2 heterocycles. The summed E-state index contributed by atoms with van der Waals surface area (Å²) in [6, 6.07) is 0. The molecule has 17 heavy (non-hydrogen) atoms. The Morgan fingerprint density at radius 3 is 2.41 bits per heavy atom. The van der Waals surface area contributed by atoms with Crippen LogP contribution in [0, 0.1) is 17.8 Å². The Labute approximate surface area is 109 Å². The van der Waals surface area contributed by atoms with Gasteiger partial charge in [0.25, 0.3) is 0 Å². The molecular formula is C10H10BrF3N2S. The van der Waals surface area contributed by atoms with Crippen LogP contribution in [0.25, 0.3) is 0 Å². The molecule has 2 aliphatic rings. The predicted octanol–water partition coefficient (Wildman–Crippen LogP) is 3.63. The third-order valence-corrected chi connectivity index (χ3v) is 5.50. The van der Waals surface area contributed by atoms with E-state index in [2.05, 4.69) is 27.8 Å². The summed E-state index contributed by atoms with van der Waals surface area (Å²) in [4.78, 5) is 5.69. The van der Waals surface area contributed by atoms with E-state index in [9.17, 15) is 13.2 Å². The van der Waals surface area contributed by atoms with Crippen LogP contribution in [0.4, 0.5) is 18.3 Å². The van der Waals surface area contributed by atoms with Crippen LogP contribution in [0.2, 0.25) is 0 Å². The van der Waals surface area contributed by atoms with Crippen LogP contribution in [0.15, 0.2) is 3.79 Å². The average Bonchev–Trinajstić information content (AvgIpc) is 2.69. The van der Waals surface area contributed by atoms with Crippen LogP contribution in [-0.4, -0.2) is 18.1 Å². The monoisotopic (exact) mass is 326 g/mol. The van der Waals surface area contributed by atoms with Crippen LogP contribution in [-0.2, 0) is 6.18 Å². The number of hydrogen-bond donors (Lipinski definition) is 0. The van der Waals surface area contributed by atoms with Gasteiger partial charge in [-0.25, -0.2) is 4.98 Å². The summed E-state index contributed by atoms with van der Waals surface area (Å²) in [6.07, 6.45) is -4.37. The number of fused-ring (bicyclic) bond motifs is 1. The smallest absolute Gasteiger partial charge is 0.347 e. The molecule has 1 saturated heterocycles. The van der Waals surface area contributed by atoms with Gasteiger partial charge in [-0.1, -0.05) is 18.3 Å². The SMILES string of the molecule is CC1[C@H]2CN(c3nc(C(F)(F)F)c(Br)s3)C[C@@H]12. The van der Waals surface area contributed by atoms with E-state index in [1.165, 1.54) is 0 Å². The largest absolute Gasteiger partial charge is 0.435 e. The number of aromatic nitrogens is 1. The van der Waals surface area contributed by atoms with Gasteiger partial charge in [0.15, 0.2) is 10.8 Å².